The normalized spacial score (nSPS) is 20.7. The van der Waals surface area contributed by atoms with Crippen LogP contribution in [0.3, 0.4) is 0 Å². The van der Waals surface area contributed by atoms with Gasteiger partial charge in [-0.3, -0.25) is 8.79 Å². The third-order valence-electron chi connectivity index (χ3n) is 4.82. The van der Waals surface area contributed by atoms with Crippen LogP contribution in [-0.2, 0) is 0 Å². The zero-order valence-corrected chi connectivity index (χ0v) is 14.0. The minimum atomic E-state index is -4.50. The number of carbonyl (C=O) groups is 1. The molecule has 3 aromatic rings. The van der Waals surface area contributed by atoms with Crippen molar-refractivity contribution in [2.24, 2.45) is 5.92 Å². The molecule has 0 bridgehead atoms. The van der Waals surface area contributed by atoms with Gasteiger partial charge in [-0.05, 0) is 6.07 Å². The van der Waals surface area contributed by atoms with Gasteiger partial charge in [-0.15, -0.1) is 0 Å². The summed E-state index contributed by atoms with van der Waals surface area (Å²) in [5.41, 5.74) is 2.68. The van der Waals surface area contributed by atoms with Crippen LogP contribution < -0.4 is 5.32 Å². The first-order valence-electron chi connectivity index (χ1n) is 8.32. The number of likely N-dealkylation sites (tertiary alicyclic amines) is 1. The Balaban J connectivity index is 1.63. The van der Waals surface area contributed by atoms with Crippen LogP contribution in [0.1, 0.15) is 11.6 Å². The number of H-pyrrole nitrogens is 1. The van der Waals surface area contributed by atoms with Gasteiger partial charge in [-0.25, -0.2) is 14.8 Å². The van der Waals surface area contributed by atoms with Gasteiger partial charge in [-0.2, -0.15) is 13.2 Å². The second-order valence-corrected chi connectivity index (χ2v) is 6.55. The molecule has 2 amide bonds. The van der Waals surface area contributed by atoms with E-state index < -0.39 is 31.3 Å². The highest BCUT2D eigenvalue weighted by Gasteiger charge is 2.39. The Labute approximate surface area is 150 Å². The van der Waals surface area contributed by atoms with Gasteiger partial charge in [0.2, 0.25) is 0 Å². The van der Waals surface area contributed by atoms with E-state index in [1.54, 1.807) is 18.6 Å². The summed E-state index contributed by atoms with van der Waals surface area (Å²) in [5.74, 6) is -0.911. The van der Waals surface area contributed by atoms with E-state index in [9.17, 15) is 22.4 Å². The lowest BCUT2D eigenvalue weighted by Gasteiger charge is -2.18. The first-order valence-corrected chi connectivity index (χ1v) is 8.32. The number of aromatic nitrogens is 4. The Hall–Kier alpha value is -2.85. The number of rotatable bonds is 3. The van der Waals surface area contributed by atoms with E-state index in [-0.39, 0.29) is 19.0 Å². The number of nitrogens with one attached hydrogen (secondary N) is 2. The van der Waals surface area contributed by atoms with Gasteiger partial charge >= 0.3 is 12.2 Å². The number of aromatic amines is 1. The summed E-state index contributed by atoms with van der Waals surface area (Å²) in [7, 11) is 0. The lowest BCUT2D eigenvalue weighted by molar-refractivity contribution is -0.123. The topological polar surface area (TPSA) is 78.3 Å². The molecular weight excluding hydrogens is 368 g/mol. The summed E-state index contributed by atoms with van der Waals surface area (Å²) in [6.45, 7) is -1.96. The number of halogens is 4. The molecule has 2 atom stereocenters. The average molecular weight is 384 g/mol. The van der Waals surface area contributed by atoms with E-state index in [2.05, 4.69) is 15.0 Å². The Morgan fingerprint density at radius 1 is 1.30 bits per heavy atom. The van der Waals surface area contributed by atoms with Crippen molar-refractivity contribution in [2.75, 3.05) is 26.3 Å². The van der Waals surface area contributed by atoms with Crippen molar-refractivity contribution in [2.45, 2.75) is 12.1 Å². The van der Waals surface area contributed by atoms with Gasteiger partial charge < -0.3 is 15.2 Å². The van der Waals surface area contributed by atoms with Crippen molar-refractivity contribution >= 4 is 22.8 Å². The number of urea groups is 1. The van der Waals surface area contributed by atoms with Crippen molar-refractivity contribution in [1.82, 2.24) is 29.6 Å². The first kappa shape index (κ1) is 17.6. The molecule has 0 spiro atoms. The third kappa shape index (κ3) is 3.17. The molecule has 2 N–H and O–H groups in total. The maximum atomic E-state index is 13.6. The zero-order valence-electron chi connectivity index (χ0n) is 14.0. The molecule has 0 aromatic carbocycles. The van der Waals surface area contributed by atoms with Crippen molar-refractivity contribution in [3.63, 3.8) is 0 Å². The van der Waals surface area contributed by atoms with E-state index >= 15 is 0 Å². The molecule has 1 fully saturated rings. The lowest BCUT2D eigenvalue weighted by Crippen LogP contribution is -2.42. The molecule has 27 heavy (non-hydrogen) atoms. The van der Waals surface area contributed by atoms with E-state index in [1.807, 2.05) is 15.8 Å². The minimum Gasteiger partial charge on any atom is -0.345 e. The zero-order chi connectivity index (χ0) is 19.2. The van der Waals surface area contributed by atoms with Gasteiger partial charge in [0.25, 0.3) is 0 Å². The lowest BCUT2D eigenvalue weighted by atomic mass is 9.94. The molecule has 4 heterocycles. The standard InChI is InChI=1S/C16H16F4N6O/c17-3-9-6-25(15(27)24-8-16(18,19)20)7-10(9)12-4-22-13-5-23-14-11(26(12)13)1-2-21-14/h1-2,4-5,9-10,21H,3,6-8H2,(H,24,27)/t9-,10+/m1/s1. The number of fused-ring (bicyclic) bond motifs is 3. The second-order valence-electron chi connectivity index (χ2n) is 6.55. The molecule has 0 aliphatic carbocycles. The predicted molar refractivity (Wildman–Crippen MR) is 88.1 cm³/mol. The van der Waals surface area contributed by atoms with Gasteiger partial charge in [0, 0.05) is 43.0 Å². The molecule has 7 nitrogen and oxygen atoms in total. The summed E-state index contributed by atoms with van der Waals surface area (Å²) < 4.78 is 52.4. The Morgan fingerprint density at radius 3 is 2.85 bits per heavy atom. The van der Waals surface area contributed by atoms with E-state index in [0.29, 0.717) is 17.0 Å². The molecule has 1 saturated heterocycles. The molecule has 11 heteroatoms. The van der Waals surface area contributed by atoms with Crippen molar-refractivity contribution in [1.29, 1.82) is 0 Å². The molecule has 144 valence electrons. The first-order chi connectivity index (χ1) is 12.9. The summed E-state index contributed by atoms with van der Waals surface area (Å²) in [5, 5.41) is 1.84. The summed E-state index contributed by atoms with van der Waals surface area (Å²) in [6, 6.07) is 0.962. The van der Waals surface area contributed by atoms with Crippen LogP contribution >= 0.6 is 0 Å². The minimum absolute atomic E-state index is 0.0411. The van der Waals surface area contributed by atoms with Crippen LogP contribution in [0.5, 0.6) is 0 Å². The Bertz CT molecular complexity index is 980. The van der Waals surface area contributed by atoms with Crippen LogP contribution in [0, 0.1) is 5.92 Å². The smallest absolute Gasteiger partial charge is 0.345 e. The molecule has 0 radical (unpaired) electrons. The number of amides is 2. The highest BCUT2D eigenvalue weighted by atomic mass is 19.4. The van der Waals surface area contributed by atoms with Gasteiger partial charge in [0.05, 0.1) is 18.4 Å². The molecule has 1 aliphatic heterocycles. The predicted octanol–water partition coefficient (Wildman–Crippen LogP) is 2.47. The van der Waals surface area contributed by atoms with Crippen LogP contribution in [0.25, 0.3) is 16.8 Å². The second kappa shape index (κ2) is 6.39. The van der Waals surface area contributed by atoms with Gasteiger partial charge in [-0.1, -0.05) is 0 Å². The van der Waals surface area contributed by atoms with Crippen LogP contribution in [0.2, 0.25) is 0 Å². The Kier molecular flexibility index (Phi) is 4.16. The summed E-state index contributed by atoms with van der Waals surface area (Å²) in [6.07, 6.45) is 0.408. The van der Waals surface area contributed by atoms with Crippen LogP contribution in [-0.4, -0.2) is 62.8 Å². The number of alkyl halides is 4. The van der Waals surface area contributed by atoms with Gasteiger partial charge in [0.15, 0.2) is 11.3 Å². The maximum Gasteiger partial charge on any atom is 0.405 e. The van der Waals surface area contributed by atoms with Crippen molar-refractivity contribution in [3.05, 3.63) is 30.4 Å². The molecule has 3 aromatic heterocycles. The molecular formula is C16H16F4N6O. The quantitative estimate of drug-likeness (QED) is 0.681. The molecule has 4 rings (SSSR count). The maximum absolute atomic E-state index is 13.6. The number of carbonyl (C=O) groups excluding carboxylic acids is 1. The fraction of sp³-hybridized carbons (Fsp3) is 0.438. The highest BCUT2D eigenvalue weighted by molar-refractivity contribution is 5.76. The number of imidazole rings is 1. The number of hydrogen-bond acceptors (Lipinski definition) is 3. The number of nitrogens with zero attached hydrogens (tertiary/aromatic N) is 4. The molecule has 0 unspecified atom stereocenters. The number of hydrogen-bond donors (Lipinski definition) is 2. The van der Waals surface area contributed by atoms with Crippen LogP contribution in [0.4, 0.5) is 22.4 Å². The van der Waals surface area contributed by atoms with Crippen LogP contribution in [0.15, 0.2) is 24.7 Å². The van der Waals surface area contributed by atoms with Crippen molar-refractivity contribution in [3.8, 4) is 0 Å². The van der Waals surface area contributed by atoms with Gasteiger partial charge in [0.1, 0.15) is 6.54 Å². The van der Waals surface area contributed by atoms with Crippen molar-refractivity contribution < 1.29 is 22.4 Å². The molecule has 1 aliphatic rings. The SMILES string of the molecule is O=C(NCC(F)(F)F)N1C[C@@H](CF)[C@@H](c2cnc3cnc4[nH]ccc4n23)C1. The highest BCUT2D eigenvalue weighted by Crippen LogP contribution is 2.34. The third-order valence-corrected chi connectivity index (χ3v) is 4.82. The molecule has 0 saturated carbocycles. The Morgan fingerprint density at radius 2 is 2.11 bits per heavy atom. The summed E-state index contributed by atoms with van der Waals surface area (Å²) >= 11 is 0. The van der Waals surface area contributed by atoms with E-state index in [0.717, 1.165) is 5.52 Å². The summed E-state index contributed by atoms with van der Waals surface area (Å²) in [4.78, 5) is 24.8. The largest absolute Gasteiger partial charge is 0.405 e. The van der Waals surface area contributed by atoms with E-state index in [1.165, 1.54) is 4.90 Å². The fourth-order valence-electron chi connectivity index (χ4n) is 3.57. The monoisotopic (exact) mass is 384 g/mol. The average Bonchev–Trinajstić information content (AvgIpc) is 3.33. The van der Waals surface area contributed by atoms with E-state index in [4.69, 9.17) is 0 Å². The fourth-order valence-corrected chi connectivity index (χ4v) is 3.57.